The second-order valence-corrected chi connectivity index (χ2v) is 4.85. The first-order chi connectivity index (χ1) is 9.66. The van der Waals surface area contributed by atoms with Crippen molar-refractivity contribution >= 4 is 5.91 Å². The minimum absolute atomic E-state index is 0.0914. The van der Waals surface area contributed by atoms with E-state index >= 15 is 0 Å². The molecule has 0 aliphatic heterocycles. The Morgan fingerprint density at radius 3 is 2.90 bits per heavy atom. The van der Waals surface area contributed by atoms with E-state index in [9.17, 15) is 4.79 Å². The summed E-state index contributed by atoms with van der Waals surface area (Å²) in [5, 5.41) is 11.2. The van der Waals surface area contributed by atoms with Gasteiger partial charge in [-0.25, -0.2) is 0 Å². The van der Waals surface area contributed by atoms with E-state index in [0.29, 0.717) is 13.0 Å². The van der Waals surface area contributed by atoms with Crippen molar-refractivity contribution in [3.63, 3.8) is 0 Å². The third kappa shape index (κ3) is 3.94. The zero-order chi connectivity index (χ0) is 14.4. The fraction of sp³-hybridized carbons (Fsp3) is 0.500. The molecule has 2 aromatic heterocycles. The zero-order valence-corrected chi connectivity index (χ0v) is 12.0. The Kier molecular flexibility index (Phi) is 4.92. The predicted octanol–water partition coefficient (Wildman–Crippen LogP) is 1.06. The molecule has 0 aromatic carbocycles. The molecule has 0 unspecified atom stereocenters. The first-order valence-corrected chi connectivity index (χ1v) is 6.88. The summed E-state index contributed by atoms with van der Waals surface area (Å²) in [5.74, 6) is 0.0914. The molecule has 0 bridgehead atoms. The van der Waals surface area contributed by atoms with Crippen molar-refractivity contribution in [2.45, 2.75) is 32.7 Å². The lowest BCUT2D eigenvalue weighted by Gasteiger charge is -2.05. The van der Waals surface area contributed by atoms with Gasteiger partial charge in [0.1, 0.15) is 0 Å². The summed E-state index contributed by atoms with van der Waals surface area (Å²) in [6.07, 6.45) is 7.65. The van der Waals surface area contributed by atoms with Crippen LogP contribution in [0.3, 0.4) is 0 Å². The molecule has 0 aliphatic carbocycles. The van der Waals surface area contributed by atoms with Gasteiger partial charge in [-0.1, -0.05) is 0 Å². The molecule has 20 heavy (non-hydrogen) atoms. The van der Waals surface area contributed by atoms with Gasteiger partial charge >= 0.3 is 0 Å². The standard InChI is InChI=1S/C14H21N5O/c1-12-13(11-17-18(12)2)5-6-14(20)15-7-3-9-19-10-4-8-16-19/h4,8,10-11H,3,5-7,9H2,1-2H3,(H,15,20). The van der Waals surface area contributed by atoms with E-state index in [4.69, 9.17) is 0 Å². The van der Waals surface area contributed by atoms with Gasteiger partial charge in [0.2, 0.25) is 5.91 Å². The number of nitrogens with one attached hydrogen (secondary N) is 1. The van der Waals surface area contributed by atoms with Crippen molar-refractivity contribution in [1.29, 1.82) is 0 Å². The molecule has 0 saturated heterocycles. The molecule has 2 heterocycles. The van der Waals surface area contributed by atoms with Gasteiger partial charge in [0.05, 0.1) is 6.20 Å². The molecule has 0 atom stereocenters. The second-order valence-electron chi connectivity index (χ2n) is 4.85. The molecular formula is C14H21N5O. The maximum Gasteiger partial charge on any atom is 0.220 e. The number of aromatic nitrogens is 4. The Morgan fingerprint density at radius 2 is 2.25 bits per heavy atom. The number of hydrogen-bond acceptors (Lipinski definition) is 3. The lowest BCUT2D eigenvalue weighted by atomic mass is 10.1. The van der Waals surface area contributed by atoms with Crippen molar-refractivity contribution in [2.24, 2.45) is 7.05 Å². The number of nitrogens with zero attached hydrogens (tertiary/aromatic N) is 4. The Bertz CT molecular complexity index is 544. The molecule has 0 radical (unpaired) electrons. The highest BCUT2D eigenvalue weighted by Gasteiger charge is 2.06. The Hall–Kier alpha value is -2.11. The summed E-state index contributed by atoms with van der Waals surface area (Å²) < 4.78 is 3.70. The van der Waals surface area contributed by atoms with E-state index < -0.39 is 0 Å². The Morgan fingerprint density at radius 1 is 1.40 bits per heavy atom. The second kappa shape index (κ2) is 6.88. The van der Waals surface area contributed by atoms with E-state index in [-0.39, 0.29) is 5.91 Å². The van der Waals surface area contributed by atoms with Crippen LogP contribution in [0.1, 0.15) is 24.1 Å². The minimum atomic E-state index is 0.0914. The van der Waals surface area contributed by atoms with Gasteiger partial charge in [-0.15, -0.1) is 0 Å². The molecule has 2 rings (SSSR count). The SMILES string of the molecule is Cc1c(CCC(=O)NCCCn2cccn2)cnn1C. The minimum Gasteiger partial charge on any atom is -0.356 e. The molecule has 0 aliphatic rings. The van der Waals surface area contributed by atoms with Crippen LogP contribution in [0.15, 0.2) is 24.7 Å². The van der Waals surface area contributed by atoms with Crippen LogP contribution < -0.4 is 5.32 Å². The third-order valence-corrected chi connectivity index (χ3v) is 3.40. The first-order valence-electron chi connectivity index (χ1n) is 6.88. The van der Waals surface area contributed by atoms with E-state index in [1.165, 1.54) is 0 Å². The van der Waals surface area contributed by atoms with Crippen molar-refractivity contribution in [3.8, 4) is 0 Å². The normalized spacial score (nSPS) is 10.7. The van der Waals surface area contributed by atoms with Gasteiger partial charge in [-0.2, -0.15) is 10.2 Å². The maximum atomic E-state index is 11.7. The average molecular weight is 275 g/mol. The number of amides is 1. The highest BCUT2D eigenvalue weighted by atomic mass is 16.1. The van der Waals surface area contributed by atoms with E-state index in [0.717, 1.165) is 30.6 Å². The fourth-order valence-electron chi connectivity index (χ4n) is 2.03. The predicted molar refractivity (Wildman–Crippen MR) is 76.1 cm³/mol. The van der Waals surface area contributed by atoms with Gasteiger partial charge in [0, 0.05) is 44.6 Å². The smallest absolute Gasteiger partial charge is 0.220 e. The summed E-state index contributed by atoms with van der Waals surface area (Å²) in [6.45, 7) is 3.53. The molecule has 1 amide bonds. The molecule has 6 nitrogen and oxygen atoms in total. The van der Waals surface area contributed by atoms with Gasteiger partial charge in [0.15, 0.2) is 0 Å². The molecule has 6 heteroatoms. The topological polar surface area (TPSA) is 64.7 Å². The molecule has 1 N–H and O–H groups in total. The van der Waals surface area contributed by atoms with Crippen molar-refractivity contribution in [1.82, 2.24) is 24.9 Å². The average Bonchev–Trinajstić information content (AvgIpc) is 3.05. The molecule has 0 spiro atoms. The summed E-state index contributed by atoms with van der Waals surface area (Å²) in [7, 11) is 1.91. The number of hydrogen-bond donors (Lipinski definition) is 1. The van der Waals surface area contributed by atoms with Crippen molar-refractivity contribution in [2.75, 3.05) is 6.54 Å². The summed E-state index contributed by atoms with van der Waals surface area (Å²) in [6, 6.07) is 1.90. The monoisotopic (exact) mass is 275 g/mol. The highest BCUT2D eigenvalue weighted by Crippen LogP contribution is 2.08. The Labute approximate surface area is 118 Å². The Balaban J connectivity index is 1.62. The summed E-state index contributed by atoms with van der Waals surface area (Å²) in [5.41, 5.74) is 2.26. The van der Waals surface area contributed by atoms with Crippen LogP contribution in [0, 0.1) is 6.92 Å². The third-order valence-electron chi connectivity index (χ3n) is 3.40. The van der Waals surface area contributed by atoms with Crippen LogP contribution in [0.2, 0.25) is 0 Å². The fourth-order valence-corrected chi connectivity index (χ4v) is 2.03. The first kappa shape index (κ1) is 14.3. The van der Waals surface area contributed by atoms with Crippen LogP contribution >= 0.6 is 0 Å². The summed E-state index contributed by atoms with van der Waals surface area (Å²) >= 11 is 0. The lowest BCUT2D eigenvalue weighted by Crippen LogP contribution is -2.25. The number of aryl methyl sites for hydroxylation is 3. The largest absolute Gasteiger partial charge is 0.356 e. The van der Waals surface area contributed by atoms with Crippen molar-refractivity contribution in [3.05, 3.63) is 35.9 Å². The van der Waals surface area contributed by atoms with E-state index in [1.54, 1.807) is 6.20 Å². The van der Waals surface area contributed by atoms with Gasteiger partial charge in [-0.3, -0.25) is 14.2 Å². The number of rotatable bonds is 7. The van der Waals surface area contributed by atoms with Gasteiger partial charge < -0.3 is 5.32 Å². The van der Waals surface area contributed by atoms with E-state index in [2.05, 4.69) is 15.5 Å². The zero-order valence-electron chi connectivity index (χ0n) is 12.0. The number of carbonyl (C=O) groups excluding carboxylic acids is 1. The van der Waals surface area contributed by atoms with Crippen LogP contribution in [-0.2, 0) is 24.8 Å². The van der Waals surface area contributed by atoms with Crippen LogP contribution in [-0.4, -0.2) is 32.0 Å². The molecular weight excluding hydrogens is 254 g/mol. The van der Waals surface area contributed by atoms with Gasteiger partial charge in [0.25, 0.3) is 0 Å². The molecule has 108 valence electrons. The van der Waals surface area contributed by atoms with Crippen LogP contribution in [0.25, 0.3) is 0 Å². The van der Waals surface area contributed by atoms with Crippen LogP contribution in [0.5, 0.6) is 0 Å². The van der Waals surface area contributed by atoms with Crippen LogP contribution in [0.4, 0.5) is 0 Å². The molecule has 2 aromatic rings. The lowest BCUT2D eigenvalue weighted by molar-refractivity contribution is -0.121. The van der Waals surface area contributed by atoms with E-state index in [1.807, 2.05) is 41.8 Å². The molecule has 0 fully saturated rings. The number of carbonyl (C=O) groups is 1. The highest BCUT2D eigenvalue weighted by molar-refractivity contribution is 5.76. The quantitative estimate of drug-likeness (QED) is 0.769. The molecule has 0 saturated carbocycles. The van der Waals surface area contributed by atoms with Crippen molar-refractivity contribution < 1.29 is 4.79 Å². The maximum absolute atomic E-state index is 11.7. The van der Waals surface area contributed by atoms with Gasteiger partial charge in [-0.05, 0) is 31.4 Å². The summed E-state index contributed by atoms with van der Waals surface area (Å²) in [4.78, 5) is 11.7.